The van der Waals surface area contributed by atoms with Crippen LogP contribution in [0.15, 0.2) is 18.2 Å². The lowest BCUT2D eigenvalue weighted by molar-refractivity contribution is -0.140. The number of carbonyl (C=O) groups excluding carboxylic acids is 5. The lowest BCUT2D eigenvalue weighted by atomic mass is 9.83. The fourth-order valence-electron chi connectivity index (χ4n) is 7.00. The zero-order valence-electron chi connectivity index (χ0n) is 33.5. The topological polar surface area (TPSA) is 181 Å². The van der Waals surface area contributed by atoms with E-state index in [4.69, 9.17) is 24.1 Å². The standard InChI is InChI=1S/C39H60N6O10/c1-26(42(5)38(51)55-39(2,3)4)34(47)41-32(27-11-9-8-10-12-27)36(49)44-16-18-45(19-17-44)37(50)33-31(29-14-13-28(52-7)25-30(29)43(33)6)35(48)40-15-21-53-23-24-54-22-20-46/h13-14,25-27,32,46H,8-12,15-24H2,1-7H3,(H,40,48)(H,41,47)/t26-,32-/m0/s1. The molecule has 2 aromatic rings. The molecule has 1 aromatic carbocycles. The van der Waals surface area contributed by atoms with Crippen molar-refractivity contribution in [1.82, 2.24) is 29.9 Å². The second-order valence-corrected chi connectivity index (χ2v) is 15.1. The van der Waals surface area contributed by atoms with Gasteiger partial charge < -0.3 is 49.1 Å². The van der Waals surface area contributed by atoms with Crippen molar-refractivity contribution in [2.75, 3.05) is 79.9 Å². The molecular weight excluding hydrogens is 712 g/mol. The number of benzene rings is 1. The van der Waals surface area contributed by atoms with E-state index < -0.39 is 35.6 Å². The van der Waals surface area contributed by atoms with Crippen molar-refractivity contribution >= 4 is 40.6 Å². The highest BCUT2D eigenvalue weighted by molar-refractivity contribution is 6.16. The molecule has 5 amide bonds. The maximum Gasteiger partial charge on any atom is 0.410 e. The first-order chi connectivity index (χ1) is 26.2. The summed E-state index contributed by atoms with van der Waals surface area (Å²) in [5.74, 6) is -0.897. The molecule has 55 heavy (non-hydrogen) atoms. The third-order valence-corrected chi connectivity index (χ3v) is 10.2. The lowest BCUT2D eigenvalue weighted by Gasteiger charge is -2.39. The van der Waals surface area contributed by atoms with Gasteiger partial charge in [0.2, 0.25) is 11.8 Å². The predicted molar refractivity (Wildman–Crippen MR) is 205 cm³/mol. The van der Waals surface area contributed by atoms with Crippen LogP contribution in [0.3, 0.4) is 0 Å². The van der Waals surface area contributed by atoms with E-state index in [1.165, 1.54) is 11.9 Å². The van der Waals surface area contributed by atoms with Crippen LogP contribution in [0, 0.1) is 5.92 Å². The summed E-state index contributed by atoms with van der Waals surface area (Å²) in [6.07, 6.45) is 3.95. The number of piperazine rings is 1. The van der Waals surface area contributed by atoms with Gasteiger partial charge in [0.1, 0.15) is 29.1 Å². The molecule has 0 unspecified atom stereocenters. The Morgan fingerprint density at radius 1 is 0.945 bits per heavy atom. The van der Waals surface area contributed by atoms with E-state index >= 15 is 0 Å². The summed E-state index contributed by atoms with van der Waals surface area (Å²) in [4.78, 5) is 73.0. The minimum absolute atomic E-state index is 0.0530. The summed E-state index contributed by atoms with van der Waals surface area (Å²) in [7, 11) is 4.79. The summed E-state index contributed by atoms with van der Waals surface area (Å²) in [5.41, 5.74) is 0.375. The molecule has 16 nitrogen and oxygen atoms in total. The molecule has 1 saturated heterocycles. The first kappa shape index (κ1) is 43.3. The van der Waals surface area contributed by atoms with Gasteiger partial charge >= 0.3 is 6.09 Å². The van der Waals surface area contributed by atoms with Crippen LogP contribution in [0.25, 0.3) is 10.9 Å². The fraction of sp³-hybridized carbons (Fsp3) is 0.667. The summed E-state index contributed by atoms with van der Waals surface area (Å²) in [5, 5.41) is 15.3. The van der Waals surface area contributed by atoms with E-state index in [1.807, 2.05) is 0 Å². The van der Waals surface area contributed by atoms with Crippen LogP contribution in [-0.4, -0.2) is 152 Å². The van der Waals surface area contributed by atoms with Crippen LogP contribution in [0.2, 0.25) is 0 Å². The molecule has 2 aliphatic rings. The average Bonchev–Trinajstić information content (AvgIpc) is 3.47. The molecule has 1 aliphatic heterocycles. The normalized spacial score (nSPS) is 16.4. The lowest BCUT2D eigenvalue weighted by Crippen LogP contribution is -2.60. The number of aliphatic hydroxyl groups is 1. The number of aromatic nitrogens is 1. The molecule has 0 spiro atoms. The van der Waals surface area contributed by atoms with Gasteiger partial charge in [-0.3, -0.25) is 24.1 Å². The van der Waals surface area contributed by atoms with E-state index in [9.17, 15) is 24.0 Å². The molecule has 16 heteroatoms. The largest absolute Gasteiger partial charge is 0.497 e. The number of nitrogens with one attached hydrogen (secondary N) is 2. The Kier molecular flexibility index (Phi) is 15.7. The summed E-state index contributed by atoms with van der Waals surface area (Å²) < 4.78 is 23.3. The number of likely N-dealkylation sites (N-methyl/N-ethyl adjacent to an activating group) is 1. The summed E-state index contributed by atoms with van der Waals surface area (Å²) in [6, 6.07) is 3.63. The van der Waals surface area contributed by atoms with Gasteiger partial charge in [-0.1, -0.05) is 19.3 Å². The number of fused-ring (bicyclic) bond motifs is 1. The molecule has 1 saturated carbocycles. The van der Waals surface area contributed by atoms with E-state index in [0.29, 0.717) is 29.9 Å². The highest BCUT2D eigenvalue weighted by Gasteiger charge is 2.38. The zero-order chi connectivity index (χ0) is 40.3. The Labute approximate surface area is 323 Å². The van der Waals surface area contributed by atoms with Crippen LogP contribution in [0.5, 0.6) is 5.75 Å². The molecule has 4 rings (SSSR count). The van der Waals surface area contributed by atoms with Gasteiger partial charge in [-0.05, 0) is 58.6 Å². The van der Waals surface area contributed by atoms with Crippen LogP contribution in [0.1, 0.15) is 80.6 Å². The van der Waals surface area contributed by atoms with Gasteiger partial charge in [-0.2, -0.15) is 0 Å². The average molecular weight is 773 g/mol. The number of nitrogens with zero attached hydrogens (tertiary/aromatic N) is 4. The minimum atomic E-state index is -0.875. The number of amides is 5. The molecule has 0 radical (unpaired) electrons. The quantitative estimate of drug-likeness (QED) is 0.215. The molecule has 1 aromatic heterocycles. The highest BCUT2D eigenvalue weighted by Crippen LogP contribution is 2.31. The molecule has 2 heterocycles. The number of rotatable bonds is 16. The minimum Gasteiger partial charge on any atom is -0.497 e. The van der Waals surface area contributed by atoms with E-state index in [-0.39, 0.29) is 81.5 Å². The molecule has 2 atom stereocenters. The summed E-state index contributed by atoms with van der Waals surface area (Å²) in [6.45, 7) is 9.03. The molecule has 1 aliphatic carbocycles. The maximum absolute atomic E-state index is 14.3. The highest BCUT2D eigenvalue weighted by atomic mass is 16.6. The van der Waals surface area contributed by atoms with Crippen molar-refractivity contribution in [2.24, 2.45) is 13.0 Å². The van der Waals surface area contributed by atoms with Crippen molar-refractivity contribution in [3.05, 3.63) is 29.5 Å². The second kappa shape index (κ2) is 20.0. The number of hydrogen-bond donors (Lipinski definition) is 3. The number of aliphatic hydroxyl groups excluding tert-OH is 1. The first-order valence-electron chi connectivity index (χ1n) is 19.2. The number of hydrogen-bond acceptors (Lipinski definition) is 10. The van der Waals surface area contributed by atoms with Gasteiger partial charge in [0.15, 0.2) is 0 Å². The van der Waals surface area contributed by atoms with Crippen molar-refractivity contribution in [3.8, 4) is 5.75 Å². The van der Waals surface area contributed by atoms with E-state index in [2.05, 4.69) is 10.6 Å². The molecule has 2 fully saturated rings. The Morgan fingerprint density at radius 2 is 1.58 bits per heavy atom. The predicted octanol–water partition coefficient (Wildman–Crippen LogP) is 2.55. The third-order valence-electron chi connectivity index (χ3n) is 10.2. The van der Waals surface area contributed by atoms with Gasteiger partial charge in [-0.25, -0.2) is 4.79 Å². The Morgan fingerprint density at radius 3 is 2.20 bits per heavy atom. The Balaban J connectivity index is 1.46. The molecule has 3 N–H and O–H groups in total. The molecular formula is C39H60N6O10. The number of methoxy groups -OCH3 is 1. The fourth-order valence-corrected chi connectivity index (χ4v) is 7.00. The van der Waals surface area contributed by atoms with Crippen molar-refractivity contribution in [1.29, 1.82) is 0 Å². The third kappa shape index (κ3) is 11.3. The first-order valence-corrected chi connectivity index (χ1v) is 19.2. The maximum atomic E-state index is 14.3. The van der Waals surface area contributed by atoms with Gasteiger partial charge in [0, 0.05) is 58.3 Å². The Bertz CT molecular complexity index is 1640. The SMILES string of the molecule is COc1ccc2c(C(=O)NCCOCCOCCO)c(C(=O)N3CCN(C(=O)[C@@H](NC(=O)[C@H](C)N(C)C(=O)OC(C)(C)C)C4CCCCC4)CC3)n(C)c2c1. The second-order valence-electron chi connectivity index (χ2n) is 15.1. The van der Waals surface area contributed by atoms with Crippen LogP contribution in [-0.2, 0) is 30.8 Å². The molecule has 306 valence electrons. The Hall–Kier alpha value is -4.41. The molecule has 0 bridgehead atoms. The number of ether oxygens (including phenoxy) is 4. The van der Waals surface area contributed by atoms with E-state index in [0.717, 1.165) is 32.1 Å². The van der Waals surface area contributed by atoms with Crippen LogP contribution < -0.4 is 15.4 Å². The van der Waals surface area contributed by atoms with Gasteiger partial charge in [0.05, 0.1) is 51.2 Å². The van der Waals surface area contributed by atoms with Crippen LogP contribution >= 0.6 is 0 Å². The van der Waals surface area contributed by atoms with Gasteiger partial charge in [0.25, 0.3) is 11.8 Å². The number of carbonyl (C=O) groups is 5. The van der Waals surface area contributed by atoms with Gasteiger partial charge in [-0.15, -0.1) is 0 Å². The van der Waals surface area contributed by atoms with Crippen molar-refractivity contribution in [2.45, 2.75) is 77.5 Å². The smallest absolute Gasteiger partial charge is 0.410 e. The zero-order valence-corrected chi connectivity index (χ0v) is 33.5. The van der Waals surface area contributed by atoms with E-state index in [1.54, 1.807) is 74.4 Å². The van der Waals surface area contributed by atoms with Crippen molar-refractivity contribution in [3.63, 3.8) is 0 Å². The van der Waals surface area contributed by atoms with Crippen molar-refractivity contribution < 1.29 is 48.0 Å². The number of aryl methyl sites for hydroxylation is 1. The summed E-state index contributed by atoms with van der Waals surface area (Å²) >= 11 is 0. The monoisotopic (exact) mass is 772 g/mol. The van der Waals surface area contributed by atoms with Crippen LogP contribution in [0.4, 0.5) is 4.79 Å².